The number of benzene rings is 3. The van der Waals surface area contributed by atoms with Gasteiger partial charge >= 0.3 is 5.97 Å². The highest BCUT2D eigenvalue weighted by Gasteiger charge is 2.16. The van der Waals surface area contributed by atoms with Crippen molar-refractivity contribution in [3.8, 4) is 17.2 Å². The summed E-state index contributed by atoms with van der Waals surface area (Å²) in [6.07, 6.45) is 0. The van der Waals surface area contributed by atoms with E-state index in [9.17, 15) is 4.79 Å². The lowest BCUT2D eigenvalue weighted by Gasteiger charge is -2.15. The van der Waals surface area contributed by atoms with Crippen molar-refractivity contribution in [1.82, 2.24) is 0 Å². The Bertz CT molecular complexity index is 917. The van der Waals surface area contributed by atoms with Crippen molar-refractivity contribution in [3.05, 3.63) is 72.8 Å². The van der Waals surface area contributed by atoms with Gasteiger partial charge in [0, 0.05) is 22.4 Å². The van der Waals surface area contributed by atoms with E-state index in [2.05, 4.69) is 6.58 Å². The number of nitrogen functional groups attached to an aromatic ring is 1. The van der Waals surface area contributed by atoms with Gasteiger partial charge in [0.05, 0.1) is 5.69 Å². The summed E-state index contributed by atoms with van der Waals surface area (Å²) >= 11 is 0. The maximum atomic E-state index is 11.9. The molecule has 0 atom stereocenters. The lowest BCUT2D eigenvalue weighted by atomic mass is 10.1. The van der Waals surface area contributed by atoms with Crippen LogP contribution in [0.3, 0.4) is 0 Å². The standard InChI is InChI=1S/C20H17NO3/c1-13(2)20(22)24-19-16-11-7-6-10-15(16)18(12-17(19)21)23-14-8-4-3-5-9-14/h3-12H,1,21H2,2H3. The maximum Gasteiger partial charge on any atom is 0.338 e. The summed E-state index contributed by atoms with van der Waals surface area (Å²) in [5.41, 5.74) is 6.74. The van der Waals surface area contributed by atoms with Gasteiger partial charge in [-0.1, -0.05) is 49.0 Å². The van der Waals surface area contributed by atoms with Crippen LogP contribution in [0, 0.1) is 0 Å². The van der Waals surface area contributed by atoms with Gasteiger partial charge in [-0.2, -0.15) is 0 Å². The van der Waals surface area contributed by atoms with Crippen LogP contribution in [0.25, 0.3) is 10.8 Å². The average Bonchev–Trinajstić information content (AvgIpc) is 2.59. The number of carbonyl (C=O) groups excluding carboxylic acids is 1. The Morgan fingerprint density at radius 3 is 2.29 bits per heavy atom. The number of esters is 1. The van der Waals surface area contributed by atoms with Crippen molar-refractivity contribution < 1.29 is 14.3 Å². The second kappa shape index (κ2) is 6.46. The number of anilines is 1. The number of carbonyl (C=O) groups is 1. The number of hydrogen-bond donors (Lipinski definition) is 1. The summed E-state index contributed by atoms with van der Waals surface area (Å²) in [5, 5.41) is 1.51. The van der Waals surface area contributed by atoms with E-state index in [-0.39, 0.29) is 0 Å². The molecule has 3 aromatic carbocycles. The molecule has 0 aromatic heterocycles. The molecular weight excluding hydrogens is 302 g/mol. The van der Waals surface area contributed by atoms with Gasteiger partial charge < -0.3 is 15.2 Å². The Morgan fingerprint density at radius 1 is 1.00 bits per heavy atom. The first-order valence-corrected chi connectivity index (χ1v) is 7.48. The molecule has 0 aliphatic carbocycles. The molecule has 120 valence electrons. The molecule has 0 aliphatic heterocycles. The zero-order valence-electron chi connectivity index (χ0n) is 13.3. The largest absolute Gasteiger partial charge is 0.457 e. The Kier molecular flexibility index (Phi) is 4.20. The first-order chi connectivity index (χ1) is 11.6. The van der Waals surface area contributed by atoms with Gasteiger partial charge in [-0.3, -0.25) is 0 Å². The molecule has 0 heterocycles. The molecular formula is C20H17NO3. The molecule has 0 spiro atoms. The minimum atomic E-state index is -0.511. The van der Waals surface area contributed by atoms with Crippen LogP contribution in [-0.4, -0.2) is 5.97 Å². The van der Waals surface area contributed by atoms with E-state index in [1.807, 2.05) is 54.6 Å². The lowest BCUT2D eigenvalue weighted by molar-refractivity contribution is -0.129. The van der Waals surface area contributed by atoms with E-state index in [0.717, 1.165) is 5.39 Å². The Labute approximate surface area is 140 Å². The first kappa shape index (κ1) is 15.6. The molecule has 24 heavy (non-hydrogen) atoms. The number of fused-ring (bicyclic) bond motifs is 1. The maximum absolute atomic E-state index is 11.9. The number of nitrogens with two attached hydrogens (primary N) is 1. The summed E-state index contributed by atoms with van der Waals surface area (Å²) < 4.78 is 11.3. The molecule has 2 N–H and O–H groups in total. The molecule has 3 rings (SSSR count). The highest BCUT2D eigenvalue weighted by molar-refractivity contribution is 6.00. The van der Waals surface area contributed by atoms with Crippen molar-refractivity contribution in [1.29, 1.82) is 0 Å². The van der Waals surface area contributed by atoms with E-state index in [4.69, 9.17) is 15.2 Å². The number of rotatable bonds is 4. The zero-order valence-corrected chi connectivity index (χ0v) is 13.3. The Hall–Kier alpha value is -3.27. The van der Waals surface area contributed by atoms with E-state index in [1.54, 1.807) is 13.0 Å². The molecule has 3 aromatic rings. The molecule has 0 saturated carbocycles. The normalized spacial score (nSPS) is 10.4. The van der Waals surface area contributed by atoms with Crippen LogP contribution >= 0.6 is 0 Å². The van der Waals surface area contributed by atoms with Gasteiger partial charge in [-0.25, -0.2) is 4.79 Å². The molecule has 0 radical (unpaired) electrons. The highest BCUT2D eigenvalue weighted by Crippen LogP contribution is 2.40. The van der Waals surface area contributed by atoms with Gasteiger partial charge in [0.2, 0.25) is 0 Å². The average molecular weight is 319 g/mol. The van der Waals surface area contributed by atoms with Gasteiger partial charge in [0.1, 0.15) is 11.5 Å². The lowest BCUT2D eigenvalue weighted by Crippen LogP contribution is -2.10. The van der Waals surface area contributed by atoms with Gasteiger partial charge in [-0.15, -0.1) is 0 Å². The molecule has 0 saturated heterocycles. The molecule has 0 bridgehead atoms. The highest BCUT2D eigenvalue weighted by atomic mass is 16.5. The van der Waals surface area contributed by atoms with Crippen molar-refractivity contribution in [2.75, 3.05) is 5.73 Å². The number of ether oxygens (including phenoxy) is 2. The topological polar surface area (TPSA) is 61.5 Å². The minimum Gasteiger partial charge on any atom is -0.457 e. The summed E-state index contributed by atoms with van der Waals surface area (Å²) in [6, 6.07) is 18.6. The number of hydrogen-bond acceptors (Lipinski definition) is 4. The van der Waals surface area contributed by atoms with Crippen molar-refractivity contribution >= 4 is 22.4 Å². The molecule has 0 aliphatic rings. The third kappa shape index (κ3) is 3.08. The van der Waals surface area contributed by atoms with Gasteiger partial charge in [-0.05, 0) is 19.1 Å². The molecule has 4 heteroatoms. The van der Waals surface area contributed by atoms with E-state index < -0.39 is 5.97 Å². The van der Waals surface area contributed by atoms with E-state index >= 15 is 0 Å². The fourth-order valence-electron chi connectivity index (χ4n) is 2.33. The fourth-order valence-corrected chi connectivity index (χ4v) is 2.33. The van der Waals surface area contributed by atoms with Crippen LogP contribution in [0.5, 0.6) is 17.2 Å². The van der Waals surface area contributed by atoms with Crippen LogP contribution in [-0.2, 0) is 4.79 Å². The van der Waals surface area contributed by atoms with E-state index in [0.29, 0.717) is 33.9 Å². The van der Waals surface area contributed by atoms with E-state index in [1.165, 1.54) is 0 Å². The zero-order chi connectivity index (χ0) is 17.1. The van der Waals surface area contributed by atoms with Crippen LogP contribution < -0.4 is 15.2 Å². The second-order valence-corrected chi connectivity index (χ2v) is 5.42. The second-order valence-electron chi connectivity index (χ2n) is 5.42. The van der Waals surface area contributed by atoms with Crippen LogP contribution in [0.2, 0.25) is 0 Å². The first-order valence-electron chi connectivity index (χ1n) is 7.48. The van der Waals surface area contributed by atoms with Crippen LogP contribution in [0.1, 0.15) is 6.92 Å². The van der Waals surface area contributed by atoms with Crippen LogP contribution in [0.4, 0.5) is 5.69 Å². The summed E-state index contributed by atoms with van der Waals surface area (Å²) in [4.78, 5) is 11.9. The third-order valence-corrected chi connectivity index (χ3v) is 3.50. The van der Waals surface area contributed by atoms with Gasteiger partial charge in [0.15, 0.2) is 5.75 Å². The minimum absolute atomic E-state index is 0.308. The van der Waals surface area contributed by atoms with Gasteiger partial charge in [0.25, 0.3) is 0 Å². The Balaban J connectivity index is 2.10. The SMILES string of the molecule is C=C(C)C(=O)Oc1c(N)cc(Oc2ccccc2)c2ccccc12. The Morgan fingerprint density at radius 2 is 1.62 bits per heavy atom. The molecule has 4 nitrogen and oxygen atoms in total. The molecule has 0 unspecified atom stereocenters. The quantitative estimate of drug-likeness (QED) is 0.328. The smallest absolute Gasteiger partial charge is 0.338 e. The monoisotopic (exact) mass is 319 g/mol. The fraction of sp³-hybridized carbons (Fsp3) is 0.0500. The summed E-state index contributed by atoms with van der Waals surface area (Å²) in [6.45, 7) is 5.19. The van der Waals surface area contributed by atoms with Crippen molar-refractivity contribution in [2.24, 2.45) is 0 Å². The van der Waals surface area contributed by atoms with Crippen molar-refractivity contribution in [3.63, 3.8) is 0 Å². The predicted octanol–water partition coefficient (Wildman–Crippen LogP) is 4.70. The summed E-state index contributed by atoms with van der Waals surface area (Å²) in [7, 11) is 0. The molecule has 0 fully saturated rings. The van der Waals surface area contributed by atoms with Crippen LogP contribution in [0.15, 0.2) is 72.8 Å². The molecule has 0 amide bonds. The van der Waals surface area contributed by atoms with Crippen molar-refractivity contribution in [2.45, 2.75) is 6.92 Å². The predicted molar refractivity (Wildman–Crippen MR) is 95.3 cm³/mol. The number of para-hydroxylation sites is 1. The summed E-state index contributed by atoms with van der Waals surface area (Å²) in [5.74, 6) is 1.11. The third-order valence-electron chi connectivity index (χ3n) is 3.50.